The van der Waals surface area contributed by atoms with Gasteiger partial charge in [-0.2, -0.15) is 4.98 Å². The highest BCUT2D eigenvalue weighted by Crippen LogP contribution is 2.25. The molecule has 5 heteroatoms. The molecule has 22 heavy (non-hydrogen) atoms. The highest BCUT2D eigenvalue weighted by molar-refractivity contribution is 5.41. The van der Waals surface area contributed by atoms with Crippen LogP contribution in [0.15, 0.2) is 36.5 Å². The third kappa shape index (κ3) is 3.53. The van der Waals surface area contributed by atoms with Crippen LogP contribution in [0.25, 0.3) is 0 Å². The number of hydrogen-bond donors (Lipinski definition) is 1. The van der Waals surface area contributed by atoms with E-state index in [1.807, 2.05) is 18.2 Å². The van der Waals surface area contributed by atoms with Crippen molar-refractivity contribution in [3.05, 3.63) is 47.9 Å². The van der Waals surface area contributed by atoms with E-state index < -0.39 is 0 Å². The molecule has 2 aromatic rings. The summed E-state index contributed by atoms with van der Waals surface area (Å²) in [5.41, 5.74) is 6.47. The molecule has 0 radical (unpaired) electrons. The summed E-state index contributed by atoms with van der Waals surface area (Å²) >= 11 is 0. The van der Waals surface area contributed by atoms with E-state index in [4.69, 9.17) is 5.73 Å². The Balaban J connectivity index is 1.60. The number of benzene rings is 1. The van der Waals surface area contributed by atoms with Crippen LogP contribution in [0, 0.1) is 11.7 Å². The van der Waals surface area contributed by atoms with Crippen molar-refractivity contribution < 1.29 is 4.39 Å². The first-order valence-corrected chi connectivity index (χ1v) is 7.79. The van der Waals surface area contributed by atoms with Crippen molar-refractivity contribution in [2.75, 3.05) is 23.7 Å². The Kier molecular flexibility index (Phi) is 4.51. The maximum atomic E-state index is 13.7. The van der Waals surface area contributed by atoms with E-state index in [2.05, 4.69) is 14.9 Å². The molecule has 1 atom stereocenters. The number of nitrogens with zero attached hydrogens (tertiary/aromatic N) is 3. The van der Waals surface area contributed by atoms with Crippen molar-refractivity contribution >= 4 is 11.8 Å². The van der Waals surface area contributed by atoms with Gasteiger partial charge in [0.15, 0.2) is 0 Å². The van der Waals surface area contributed by atoms with Crippen LogP contribution in [0.3, 0.4) is 0 Å². The maximum absolute atomic E-state index is 13.7. The van der Waals surface area contributed by atoms with E-state index in [0.717, 1.165) is 43.7 Å². The summed E-state index contributed by atoms with van der Waals surface area (Å²) in [6.07, 6.45) is 5.80. The molecular weight excluding hydrogens is 279 g/mol. The van der Waals surface area contributed by atoms with Crippen molar-refractivity contribution in [3.8, 4) is 0 Å². The fraction of sp³-hybridized carbons (Fsp3) is 0.412. The third-order valence-electron chi connectivity index (χ3n) is 4.28. The van der Waals surface area contributed by atoms with Gasteiger partial charge in [0.2, 0.25) is 5.95 Å². The predicted molar refractivity (Wildman–Crippen MR) is 86.1 cm³/mol. The number of rotatable bonds is 4. The Hall–Kier alpha value is -2.17. The second-order valence-corrected chi connectivity index (χ2v) is 5.86. The van der Waals surface area contributed by atoms with Crippen molar-refractivity contribution in [2.24, 2.45) is 5.92 Å². The van der Waals surface area contributed by atoms with Crippen molar-refractivity contribution in [3.63, 3.8) is 0 Å². The van der Waals surface area contributed by atoms with E-state index in [0.29, 0.717) is 11.9 Å². The zero-order chi connectivity index (χ0) is 15.4. The molecule has 1 aromatic heterocycles. The average molecular weight is 300 g/mol. The van der Waals surface area contributed by atoms with Gasteiger partial charge in [-0.25, -0.2) is 9.37 Å². The first kappa shape index (κ1) is 14.8. The van der Waals surface area contributed by atoms with Gasteiger partial charge in [0.05, 0.1) is 0 Å². The zero-order valence-electron chi connectivity index (χ0n) is 12.6. The molecule has 1 saturated heterocycles. The molecule has 1 aliphatic rings. The first-order valence-electron chi connectivity index (χ1n) is 7.79. The molecule has 0 aliphatic carbocycles. The van der Waals surface area contributed by atoms with Crippen LogP contribution < -0.4 is 10.6 Å². The minimum Gasteiger partial charge on any atom is -0.368 e. The summed E-state index contributed by atoms with van der Waals surface area (Å²) in [5, 5.41) is 0. The standard InChI is InChI=1S/C17H21FN4/c18-15-6-2-1-5-14(15)8-7-13-4-3-11-22(12-13)16-9-10-20-17(19)21-16/h1-2,5-6,9-10,13H,3-4,7-8,11-12H2,(H2,19,20,21). The van der Waals surface area contributed by atoms with Crippen LogP contribution in [0.4, 0.5) is 16.2 Å². The van der Waals surface area contributed by atoms with E-state index in [1.54, 1.807) is 12.3 Å². The van der Waals surface area contributed by atoms with Gasteiger partial charge in [0.1, 0.15) is 11.6 Å². The lowest BCUT2D eigenvalue weighted by molar-refractivity contribution is 0.388. The molecule has 0 amide bonds. The van der Waals surface area contributed by atoms with Gasteiger partial charge < -0.3 is 10.6 Å². The lowest BCUT2D eigenvalue weighted by atomic mass is 9.91. The number of hydrogen-bond acceptors (Lipinski definition) is 4. The third-order valence-corrected chi connectivity index (χ3v) is 4.28. The molecule has 1 unspecified atom stereocenters. The minimum absolute atomic E-state index is 0.0984. The molecule has 3 rings (SSSR count). The van der Waals surface area contributed by atoms with E-state index in [9.17, 15) is 4.39 Å². The second kappa shape index (κ2) is 6.73. The highest BCUT2D eigenvalue weighted by atomic mass is 19.1. The Labute approximate surface area is 130 Å². The summed E-state index contributed by atoms with van der Waals surface area (Å²) in [5.74, 6) is 1.66. The summed E-state index contributed by atoms with van der Waals surface area (Å²) in [7, 11) is 0. The monoisotopic (exact) mass is 300 g/mol. The molecule has 1 fully saturated rings. The zero-order valence-corrected chi connectivity index (χ0v) is 12.6. The number of piperidine rings is 1. The van der Waals surface area contributed by atoms with Gasteiger partial charge in [0, 0.05) is 19.3 Å². The topological polar surface area (TPSA) is 55.0 Å². The molecule has 1 aliphatic heterocycles. The van der Waals surface area contributed by atoms with Gasteiger partial charge in [-0.1, -0.05) is 18.2 Å². The van der Waals surface area contributed by atoms with Crippen LogP contribution in [-0.2, 0) is 6.42 Å². The summed E-state index contributed by atoms with van der Waals surface area (Å²) in [4.78, 5) is 10.5. The van der Waals surface area contributed by atoms with Crippen molar-refractivity contribution in [1.82, 2.24) is 9.97 Å². The molecule has 1 aromatic carbocycles. The Bertz CT molecular complexity index is 632. The van der Waals surface area contributed by atoms with Crippen LogP contribution in [0.2, 0.25) is 0 Å². The van der Waals surface area contributed by atoms with Crippen LogP contribution >= 0.6 is 0 Å². The number of nitrogens with two attached hydrogens (primary N) is 1. The van der Waals surface area contributed by atoms with Crippen molar-refractivity contribution in [2.45, 2.75) is 25.7 Å². The summed E-state index contributed by atoms with van der Waals surface area (Å²) in [6, 6.07) is 8.94. The Morgan fingerprint density at radius 3 is 2.95 bits per heavy atom. The molecule has 0 saturated carbocycles. The van der Waals surface area contributed by atoms with Crippen LogP contribution in [0.5, 0.6) is 0 Å². The smallest absolute Gasteiger partial charge is 0.221 e. The number of aryl methyl sites for hydroxylation is 1. The molecule has 2 N–H and O–H groups in total. The fourth-order valence-corrected chi connectivity index (χ4v) is 3.11. The predicted octanol–water partition coefficient (Wildman–Crippen LogP) is 3.05. The van der Waals surface area contributed by atoms with Crippen molar-refractivity contribution in [1.29, 1.82) is 0 Å². The molecule has 116 valence electrons. The normalized spacial score (nSPS) is 18.4. The second-order valence-electron chi connectivity index (χ2n) is 5.86. The minimum atomic E-state index is -0.0984. The molecule has 4 nitrogen and oxygen atoms in total. The van der Waals surface area contributed by atoms with Crippen LogP contribution in [-0.4, -0.2) is 23.1 Å². The van der Waals surface area contributed by atoms with Gasteiger partial charge >= 0.3 is 0 Å². The van der Waals surface area contributed by atoms with E-state index in [1.165, 1.54) is 12.5 Å². The maximum Gasteiger partial charge on any atom is 0.221 e. The number of aromatic nitrogens is 2. The number of anilines is 2. The molecule has 0 spiro atoms. The summed E-state index contributed by atoms with van der Waals surface area (Å²) < 4.78 is 13.7. The lowest BCUT2D eigenvalue weighted by Gasteiger charge is -2.33. The molecular formula is C17H21FN4. The van der Waals surface area contributed by atoms with Gasteiger partial charge in [-0.3, -0.25) is 0 Å². The van der Waals surface area contributed by atoms with Gasteiger partial charge in [-0.15, -0.1) is 0 Å². The quantitative estimate of drug-likeness (QED) is 0.943. The van der Waals surface area contributed by atoms with E-state index >= 15 is 0 Å². The largest absolute Gasteiger partial charge is 0.368 e. The average Bonchev–Trinajstić information content (AvgIpc) is 2.54. The van der Waals surface area contributed by atoms with Gasteiger partial charge in [-0.05, 0) is 49.3 Å². The first-order chi connectivity index (χ1) is 10.7. The SMILES string of the molecule is Nc1nccc(N2CCCC(CCc3ccccc3F)C2)n1. The molecule has 2 heterocycles. The van der Waals surface area contributed by atoms with Crippen LogP contribution in [0.1, 0.15) is 24.8 Å². The highest BCUT2D eigenvalue weighted by Gasteiger charge is 2.21. The Morgan fingerprint density at radius 1 is 1.27 bits per heavy atom. The number of nitrogen functional groups attached to an aromatic ring is 1. The fourth-order valence-electron chi connectivity index (χ4n) is 3.11. The van der Waals surface area contributed by atoms with E-state index in [-0.39, 0.29) is 5.82 Å². The molecule has 0 bridgehead atoms. The Morgan fingerprint density at radius 2 is 2.14 bits per heavy atom. The number of halogens is 1. The summed E-state index contributed by atoms with van der Waals surface area (Å²) in [6.45, 7) is 1.94. The lowest BCUT2D eigenvalue weighted by Crippen LogP contribution is -2.36. The van der Waals surface area contributed by atoms with Gasteiger partial charge in [0.25, 0.3) is 0 Å².